The molecule has 1 aliphatic carbocycles. The number of piperazine rings is 1. The van der Waals surface area contributed by atoms with Crippen LogP contribution in [-0.2, 0) is 19.6 Å². The molecule has 6 rings (SSSR count). The van der Waals surface area contributed by atoms with Gasteiger partial charge in [-0.25, -0.2) is 31.3 Å². The van der Waals surface area contributed by atoms with Crippen LogP contribution in [0.25, 0.3) is 16.3 Å². The molecule has 3 aromatic heterocycles. The Kier molecular flexibility index (Phi) is 7.44. The highest BCUT2D eigenvalue weighted by atomic mass is 32.2. The summed E-state index contributed by atoms with van der Waals surface area (Å²) in [4.78, 5) is 23.3. The number of aromatic nitrogens is 4. The van der Waals surface area contributed by atoms with E-state index >= 15 is 0 Å². The Bertz CT molecular complexity index is 1600. The minimum atomic E-state index is -3.94. The van der Waals surface area contributed by atoms with Crippen molar-refractivity contribution >= 4 is 38.5 Å². The van der Waals surface area contributed by atoms with Gasteiger partial charge in [0.05, 0.1) is 17.4 Å². The van der Waals surface area contributed by atoms with Crippen LogP contribution >= 0.6 is 11.3 Å². The maximum Gasteiger partial charge on any atom is 0.291 e. The number of nitrogens with zero attached hydrogens (tertiary/aromatic N) is 7. The van der Waals surface area contributed by atoms with Gasteiger partial charge in [-0.1, -0.05) is 11.3 Å². The van der Waals surface area contributed by atoms with Crippen LogP contribution in [0.1, 0.15) is 31.2 Å². The number of halogens is 3. The Balaban J connectivity index is 1.30. The van der Waals surface area contributed by atoms with E-state index in [9.17, 15) is 26.4 Å². The van der Waals surface area contributed by atoms with Crippen LogP contribution in [0.2, 0.25) is 0 Å². The molecule has 2 aliphatic heterocycles. The third kappa shape index (κ3) is 5.25. The van der Waals surface area contributed by atoms with E-state index < -0.39 is 39.3 Å². The molecule has 5 heterocycles. The summed E-state index contributed by atoms with van der Waals surface area (Å²) in [7, 11) is -2.45. The number of anilines is 1. The number of sulfonamides is 1. The van der Waals surface area contributed by atoms with Crippen molar-refractivity contribution in [2.24, 2.45) is 0 Å². The first kappa shape index (κ1) is 29.2. The fraction of sp³-hybridized carbons (Fsp3) is 0.600. The molecule has 228 valence electrons. The summed E-state index contributed by atoms with van der Waals surface area (Å²) in [5.41, 5.74) is -0.378. The molecular formula is C25H31F3N8O4S2. The Morgan fingerprint density at radius 1 is 1.19 bits per heavy atom. The van der Waals surface area contributed by atoms with Gasteiger partial charge in [0.2, 0.25) is 10.0 Å². The number of alkyl halides is 3. The van der Waals surface area contributed by atoms with Crippen molar-refractivity contribution in [1.82, 2.24) is 34.1 Å². The molecule has 3 aromatic rings. The van der Waals surface area contributed by atoms with E-state index in [1.807, 2.05) is 16.7 Å². The molecule has 1 saturated carbocycles. The Hall–Kier alpha value is -2.86. The maximum atomic E-state index is 13.4. The van der Waals surface area contributed by atoms with Crippen LogP contribution in [0.5, 0.6) is 0 Å². The second kappa shape index (κ2) is 10.7. The summed E-state index contributed by atoms with van der Waals surface area (Å²) >= 11 is 0.692. The minimum Gasteiger partial charge on any atom is -0.366 e. The molecule has 1 amide bonds. The predicted octanol–water partition coefficient (Wildman–Crippen LogP) is 1.94. The molecule has 3 fully saturated rings. The number of ether oxygens (including phenoxy) is 1. The number of pyridine rings is 1. The third-order valence-corrected chi connectivity index (χ3v) is 10.7. The van der Waals surface area contributed by atoms with Gasteiger partial charge in [0.1, 0.15) is 11.6 Å². The van der Waals surface area contributed by atoms with E-state index in [2.05, 4.69) is 19.9 Å². The molecule has 0 atom stereocenters. The van der Waals surface area contributed by atoms with Crippen LogP contribution in [0.15, 0.2) is 23.4 Å². The van der Waals surface area contributed by atoms with Crippen molar-refractivity contribution in [3.05, 3.63) is 23.5 Å². The summed E-state index contributed by atoms with van der Waals surface area (Å²) in [6.45, 7) is 3.78. The first-order chi connectivity index (χ1) is 20.0. The van der Waals surface area contributed by atoms with Crippen molar-refractivity contribution in [2.45, 2.75) is 42.2 Å². The number of amides is 1. The smallest absolute Gasteiger partial charge is 0.291 e. The predicted molar refractivity (Wildman–Crippen MR) is 148 cm³/mol. The van der Waals surface area contributed by atoms with Crippen molar-refractivity contribution in [3.63, 3.8) is 0 Å². The molecule has 12 nitrogen and oxygen atoms in total. The second-order valence-electron chi connectivity index (χ2n) is 11.2. The van der Waals surface area contributed by atoms with Crippen molar-refractivity contribution in [1.29, 1.82) is 0 Å². The SMILES string of the molecule is COC1(C(=O)N2CCN(c3cc(S(=O)(=O)NC4(C)CC4)cn4c(-c5nnc(C(F)F)s5)ncc34)CC2)CN(CCF)C1. The van der Waals surface area contributed by atoms with Gasteiger partial charge in [-0.3, -0.25) is 14.1 Å². The second-order valence-corrected chi connectivity index (χ2v) is 13.9. The largest absolute Gasteiger partial charge is 0.366 e. The van der Waals surface area contributed by atoms with Gasteiger partial charge in [-0.2, -0.15) is 0 Å². The lowest BCUT2D eigenvalue weighted by Gasteiger charge is -2.50. The lowest BCUT2D eigenvalue weighted by Crippen LogP contribution is -2.71. The fourth-order valence-corrected chi connectivity index (χ4v) is 7.62. The van der Waals surface area contributed by atoms with Crippen molar-refractivity contribution in [3.8, 4) is 10.8 Å². The van der Waals surface area contributed by atoms with E-state index in [1.165, 1.54) is 13.3 Å². The maximum absolute atomic E-state index is 13.4. The number of imidazole rings is 1. The van der Waals surface area contributed by atoms with E-state index in [0.717, 1.165) is 12.8 Å². The molecule has 17 heteroatoms. The number of fused-ring (bicyclic) bond motifs is 1. The Labute approximate surface area is 244 Å². The quantitative estimate of drug-likeness (QED) is 0.359. The molecule has 0 unspecified atom stereocenters. The number of likely N-dealkylation sites (tertiary alicyclic amines) is 1. The topological polar surface area (TPSA) is 125 Å². The molecule has 0 spiro atoms. The summed E-state index contributed by atoms with van der Waals surface area (Å²) in [6, 6.07) is 1.58. The third-order valence-electron chi connectivity index (χ3n) is 8.15. The van der Waals surface area contributed by atoms with Gasteiger partial charge in [0, 0.05) is 64.7 Å². The number of hydrogen-bond acceptors (Lipinski definition) is 10. The summed E-state index contributed by atoms with van der Waals surface area (Å²) < 4.78 is 76.0. The lowest BCUT2D eigenvalue weighted by atomic mass is 9.91. The fourth-order valence-electron chi connectivity index (χ4n) is 5.44. The van der Waals surface area contributed by atoms with Gasteiger partial charge < -0.3 is 14.5 Å². The Morgan fingerprint density at radius 2 is 1.90 bits per heavy atom. The van der Waals surface area contributed by atoms with E-state index in [1.54, 1.807) is 21.6 Å². The van der Waals surface area contributed by atoms with Crippen LogP contribution in [0.3, 0.4) is 0 Å². The molecular weight excluding hydrogens is 597 g/mol. The van der Waals surface area contributed by atoms with E-state index in [-0.39, 0.29) is 28.2 Å². The number of nitrogens with one attached hydrogen (secondary N) is 1. The monoisotopic (exact) mass is 628 g/mol. The average Bonchev–Trinajstić information content (AvgIpc) is 3.30. The molecule has 0 bridgehead atoms. The van der Waals surface area contributed by atoms with Crippen LogP contribution in [-0.4, -0.2) is 114 Å². The highest BCUT2D eigenvalue weighted by Crippen LogP contribution is 2.38. The highest BCUT2D eigenvalue weighted by Gasteiger charge is 2.51. The summed E-state index contributed by atoms with van der Waals surface area (Å²) in [5, 5.41) is 7.10. The minimum absolute atomic E-state index is 0.00441. The Morgan fingerprint density at radius 3 is 2.50 bits per heavy atom. The number of carbonyl (C=O) groups is 1. The van der Waals surface area contributed by atoms with Crippen LogP contribution in [0.4, 0.5) is 18.9 Å². The number of hydrogen-bond donors (Lipinski definition) is 1. The molecule has 42 heavy (non-hydrogen) atoms. The zero-order valence-corrected chi connectivity index (χ0v) is 24.7. The van der Waals surface area contributed by atoms with Gasteiger partial charge in [-0.15, -0.1) is 10.2 Å². The van der Waals surface area contributed by atoms with E-state index in [4.69, 9.17) is 4.74 Å². The number of carbonyl (C=O) groups excluding carboxylic acids is 1. The molecule has 2 saturated heterocycles. The highest BCUT2D eigenvalue weighted by molar-refractivity contribution is 7.89. The normalized spacial score (nSPS) is 20.3. The molecule has 0 aromatic carbocycles. The zero-order chi connectivity index (χ0) is 29.9. The van der Waals surface area contributed by atoms with Gasteiger partial charge in [-0.05, 0) is 25.8 Å². The van der Waals surface area contributed by atoms with Gasteiger partial charge in [0.25, 0.3) is 12.3 Å². The first-order valence-electron chi connectivity index (χ1n) is 13.5. The van der Waals surface area contributed by atoms with Crippen molar-refractivity contribution in [2.75, 3.05) is 64.5 Å². The molecule has 3 aliphatic rings. The summed E-state index contributed by atoms with van der Waals surface area (Å²) in [6.07, 6.45) is 1.62. The molecule has 1 N–H and O–H groups in total. The standard InChI is InChI=1S/C25H31F3N8O4S2/c1-24(3-4-24)32-42(38,39)16-11-17(18-12-29-20(36(18)13-16)22-31-30-21(41-22)19(27)28)34-7-9-35(10-8-34)23(37)25(40-2)14-33(15-25)6-5-26/h11-13,19,32H,3-10,14-15H2,1-2H3. The number of methoxy groups -OCH3 is 1. The number of rotatable bonds is 10. The average molecular weight is 629 g/mol. The lowest BCUT2D eigenvalue weighted by molar-refractivity contribution is -0.178. The van der Waals surface area contributed by atoms with E-state index in [0.29, 0.717) is 61.8 Å². The van der Waals surface area contributed by atoms with Gasteiger partial charge >= 0.3 is 0 Å². The van der Waals surface area contributed by atoms with Crippen LogP contribution in [0, 0.1) is 0 Å². The first-order valence-corrected chi connectivity index (χ1v) is 15.8. The van der Waals surface area contributed by atoms with Crippen LogP contribution < -0.4 is 9.62 Å². The van der Waals surface area contributed by atoms with Gasteiger partial charge in [0.15, 0.2) is 21.4 Å². The summed E-state index contributed by atoms with van der Waals surface area (Å²) in [5.74, 6) is 0.0462. The zero-order valence-electron chi connectivity index (χ0n) is 23.1. The van der Waals surface area contributed by atoms with Crippen molar-refractivity contribution < 1.29 is 31.1 Å². The molecule has 0 radical (unpaired) electrons.